The molecule has 0 aliphatic heterocycles. The first kappa shape index (κ1) is 18.8. The van der Waals surface area contributed by atoms with Crippen LogP contribution in [0.15, 0.2) is 43.5 Å². The van der Waals surface area contributed by atoms with Crippen LogP contribution in [0.5, 0.6) is 0 Å². The number of rotatable bonds is 3. The zero-order valence-electron chi connectivity index (χ0n) is 16.2. The second-order valence-corrected chi connectivity index (χ2v) is 6.99. The van der Waals surface area contributed by atoms with E-state index in [1.165, 1.54) is 42.4 Å². The van der Waals surface area contributed by atoms with Gasteiger partial charge in [0, 0.05) is 38.8 Å². The van der Waals surface area contributed by atoms with E-state index in [0.29, 0.717) is 5.92 Å². The summed E-state index contributed by atoms with van der Waals surface area (Å²) in [4.78, 5) is 16.7. The smallest absolute Gasteiger partial charge is 0.245 e. The fraction of sp³-hybridized carbons (Fsp3) is 0.400. The standard InChI is InChI=1S/C15H17N5.C5H9NO/c1-19-9-12(8-17-19)13-10-20-14(6-7-16-20)15(18-13)11-4-2-3-5-11;1-4-5(7)6(2)3/h6-11H,2-5H2,1H3;4H,1H2,2-3H3. The third kappa shape index (κ3) is 4.24. The summed E-state index contributed by atoms with van der Waals surface area (Å²) in [6.07, 6.45) is 14.1. The normalized spacial score (nSPS) is 14.0. The van der Waals surface area contributed by atoms with Gasteiger partial charge in [-0.1, -0.05) is 19.4 Å². The fourth-order valence-electron chi connectivity index (χ4n) is 3.33. The van der Waals surface area contributed by atoms with Crippen molar-refractivity contribution in [3.63, 3.8) is 0 Å². The molecule has 3 aromatic rings. The van der Waals surface area contributed by atoms with Gasteiger partial charge in [0.15, 0.2) is 0 Å². The second-order valence-electron chi connectivity index (χ2n) is 6.99. The van der Waals surface area contributed by atoms with Crippen molar-refractivity contribution >= 4 is 11.4 Å². The van der Waals surface area contributed by atoms with Crippen molar-refractivity contribution in [1.29, 1.82) is 0 Å². The quantitative estimate of drug-likeness (QED) is 0.668. The van der Waals surface area contributed by atoms with Gasteiger partial charge in [0.1, 0.15) is 0 Å². The van der Waals surface area contributed by atoms with E-state index in [1.807, 2.05) is 36.4 Å². The molecule has 3 aromatic heterocycles. The van der Waals surface area contributed by atoms with Crippen LogP contribution in [0, 0.1) is 0 Å². The first-order valence-electron chi connectivity index (χ1n) is 9.16. The van der Waals surface area contributed by atoms with Crippen LogP contribution < -0.4 is 0 Å². The molecular formula is C20H26N6O. The van der Waals surface area contributed by atoms with Gasteiger partial charge in [0.25, 0.3) is 0 Å². The van der Waals surface area contributed by atoms with Crippen molar-refractivity contribution in [2.45, 2.75) is 31.6 Å². The molecule has 0 unspecified atom stereocenters. The molecule has 7 nitrogen and oxygen atoms in total. The van der Waals surface area contributed by atoms with Crippen LogP contribution >= 0.6 is 0 Å². The highest BCUT2D eigenvalue weighted by Gasteiger charge is 2.22. The van der Waals surface area contributed by atoms with Crippen molar-refractivity contribution in [3.8, 4) is 11.3 Å². The Balaban J connectivity index is 0.000000260. The molecule has 1 fully saturated rings. The van der Waals surface area contributed by atoms with E-state index < -0.39 is 0 Å². The van der Waals surface area contributed by atoms with Gasteiger partial charge in [-0.3, -0.25) is 9.48 Å². The highest BCUT2D eigenvalue weighted by atomic mass is 16.2. The number of hydrogen-bond donors (Lipinski definition) is 0. The average Bonchev–Trinajstić information content (AvgIpc) is 3.41. The third-order valence-electron chi connectivity index (χ3n) is 4.78. The van der Waals surface area contributed by atoms with E-state index in [1.54, 1.807) is 18.8 Å². The molecule has 1 amide bonds. The second kappa shape index (κ2) is 8.16. The van der Waals surface area contributed by atoms with E-state index in [2.05, 4.69) is 22.8 Å². The predicted octanol–water partition coefficient (Wildman–Crippen LogP) is 3.05. The molecule has 142 valence electrons. The molecule has 0 radical (unpaired) electrons. The summed E-state index contributed by atoms with van der Waals surface area (Å²) in [5, 5.41) is 8.63. The van der Waals surface area contributed by atoms with Gasteiger partial charge in [0.05, 0.1) is 35.5 Å². The molecule has 4 rings (SSSR count). The van der Waals surface area contributed by atoms with Crippen molar-refractivity contribution < 1.29 is 4.79 Å². The molecule has 0 bridgehead atoms. The summed E-state index contributed by atoms with van der Waals surface area (Å²) in [5.41, 5.74) is 4.34. The van der Waals surface area contributed by atoms with Gasteiger partial charge in [-0.2, -0.15) is 10.2 Å². The number of aromatic nitrogens is 5. The van der Waals surface area contributed by atoms with Crippen molar-refractivity contribution in [3.05, 3.63) is 49.2 Å². The Hall–Kier alpha value is -2.96. The summed E-state index contributed by atoms with van der Waals surface area (Å²) in [6.45, 7) is 3.29. The molecule has 1 saturated carbocycles. The first-order chi connectivity index (χ1) is 13.0. The summed E-state index contributed by atoms with van der Waals surface area (Å²) < 4.78 is 3.75. The molecule has 1 aliphatic rings. The van der Waals surface area contributed by atoms with Crippen molar-refractivity contribution in [2.24, 2.45) is 7.05 Å². The number of carbonyl (C=O) groups excluding carboxylic acids is 1. The zero-order chi connectivity index (χ0) is 19.4. The summed E-state index contributed by atoms with van der Waals surface area (Å²) >= 11 is 0. The first-order valence-corrected chi connectivity index (χ1v) is 9.16. The molecule has 0 N–H and O–H groups in total. The van der Waals surface area contributed by atoms with Crippen molar-refractivity contribution in [1.82, 2.24) is 29.3 Å². The molecule has 0 saturated heterocycles. The SMILES string of the molecule is C=CC(=O)N(C)C.Cn1cc(-c2cn3nccc3c(C3CCCC3)n2)cn1. The number of aryl methyl sites for hydroxylation is 1. The van der Waals surface area contributed by atoms with Crippen LogP contribution in [0.3, 0.4) is 0 Å². The molecule has 1 aliphatic carbocycles. The van der Waals surface area contributed by atoms with Gasteiger partial charge in [-0.25, -0.2) is 9.50 Å². The van der Waals surface area contributed by atoms with E-state index in [4.69, 9.17) is 4.98 Å². The average molecular weight is 366 g/mol. The lowest BCUT2D eigenvalue weighted by Crippen LogP contribution is -2.18. The number of nitrogens with zero attached hydrogens (tertiary/aromatic N) is 6. The van der Waals surface area contributed by atoms with Crippen LogP contribution in [0.25, 0.3) is 16.8 Å². The minimum Gasteiger partial charge on any atom is -0.345 e. The maximum absolute atomic E-state index is 10.3. The number of carbonyl (C=O) groups is 1. The number of amides is 1. The molecule has 3 heterocycles. The Bertz CT molecular complexity index is 933. The molecule has 0 spiro atoms. The molecule has 27 heavy (non-hydrogen) atoms. The molecule has 7 heteroatoms. The van der Waals surface area contributed by atoms with Gasteiger partial charge < -0.3 is 4.90 Å². The Labute approximate surface area is 159 Å². The van der Waals surface area contributed by atoms with Crippen LogP contribution in [-0.2, 0) is 11.8 Å². The highest BCUT2D eigenvalue weighted by molar-refractivity contribution is 5.86. The lowest BCUT2D eigenvalue weighted by atomic mass is 10.0. The van der Waals surface area contributed by atoms with Crippen LogP contribution in [0.2, 0.25) is 0 Å². The van der Waals surface area contributed by atoms with E-state index >= 15 is 0 Å². The topological polar surface area (TPSA) is 68.3 Å². The van der Waals surface area contributed by atoms with Crippen LogP contribution in [0.1, 0.15) is 37.3 Å². The van der Waals surface area contributed by atoms with E-state index in [-0.39, 0.29) is 5.91 Å². The van der Waals surface area contributed by atoms with Crippen LogP contribution in [0.4, 0.5) is 0 Å². The van der Waals surface area contributed by atoms with Gasteiger partial charge in [-0.15, -0.1) is 0 Å². The van der Waals surface area contributed by atoms with Gasteiger partial charge in [0.2, 0.25) is 5.91 Å². The lowest BCUT2D eigenvalue weighted by Gasteiger charge is -2.12. The summed E-state index contributed by atoms with van der Waals surface area (Å²) in [6, 6.07) is 2.06. The van der Waals surface area contributed by atoms with Gasteiger partial charge in [-0.05, 0) is 25.0 Å². The largest absolute Gasteiger partial charge is 0.345 e. The Kier molecular flexibility index (Phi) is 5.69. The number of hydrogen-bond acceptors (Lipinski definition) is 4. The molecular weight excluding hydrogens is 340 g/mol. The maximum Gasteiger partial charge on any atom is 0.245 e. The minimum atomic E-state index is -0.0556. The van der Waals surface area contributed by atoms with E-state index in [0.717, 1.165) is 16.8 Å². The number of likely N-dealkylation sites (N-methyl/N-ethyl adjacent to an activating group) is 1. The predicted molar refractivity (Wildman–Crippen MR) is 105 cm³/mol. The van der Waals surface area contributed by atoms with Gasteiger partial charge >= 0.3 is 0 Å². The monoisotopic (exact) mass is 366 g/mol. The van der Waals surface area contributed by atoms with E-state index in [9.17, 15) is 4.79 Å². The maximum atomic E-state index is 10.3. The highest BCUT2D eigenvalue weighted by Crippen LogP contribution is 2.36. The molecule has 0 aromatic carbocycles. The number of fused-ring (bicyclic) bond motifs is 1. The summed E-state index contributed by atoms with van der Waals surface area (Å²) in [5.74, 6) is 0.519. The van der Waals surface area contributed by atoms with Crippen molar-refractivity contribution in [2.75, 3.05) is 14.1 Å². The zero-order valence-corrected chi connectivity index (χ0v) is 16.2. The van der Waals surface area contributed by atoms with Crippen LogP contribution in [-0.4, -0.2) is 49.3 Å². The lowest BCUT2D eigenvalue weighted by molar-refractivity contribution is -0.123. The molecule has 0 atom stereocenters. The Morgan fingerprint density at radius 1 is 1.26 bits per heavy atom. The Morgan fingerprint density at radius 2 is 2.00 bits per heavy atom. The fourth-order valence-corrected chi connectivity index (χ4v) is 3.33. The minimum absolute atomic E-state index is 0.0556. The Morgan fingerprint density at radius 3 is 2.56 bits per heavy atom. The summed E-state index contributed by atoms with van der Waals surface area (Å²) in [7, 11) is 5.29. The third-order valence-corrected chi connectivity index (χ3v) is 4.78.